The predicted octanol–water partition coefficient (Wildman–Crippen LogP) is 13.6. The number of nitrogens with zero attached hydrogens (tertiary/aromatic N) is 12. The van der Waals surface area contributed by atoms with Crippen molar-refractivity contribution in [2.24, 2.45) is 5.73 Å². The molecule has 6 aromatic heterocycles. The minimum Gasteiger partial charge on any atom is -0.383 e. The fraction of sp³-hybridized carbons (Fsp3) is 0.156. The first-order valence-corrected chi connectivity index (χ1v) is 40.4. The summed E-state index contributed by atoms with van der Waals surface area (Å²) >= 11 is 12.9. The van der Waals surface area contributed by atoms with Gasteiger partial charge in [-0.15, -0.1) is 0 Å². The molecule has 0 saturated carbocycles. The van der Waals surface area contributed by atoms with Gasteiger partial charge in [-0.05, 0) is 159 Å². The zero-order valence-electron chi connectivity index (χ0n) is 68.5. The molecule has 0 saturated heterocycles. The van der Waals surface area contributed by atoms with Crippen LogP contribution in [0.15, 0.2) is 245 Å². The van der Waals surface area contributed by atoms with Crippen LogP contribution >= 0.6 is 23.2 Å². The first-order valence-electron chi connectivity index (χ1n) is 39.6. The molecule has 0 bridgehead atoms. The number of amides is 4. The molecule has 0 aliphatic rings. The SMILES string of the molecule is CC[C@H](Nc1nc(C)nc(C)c1Cl)c1nc2cccc(NCc3ccc(C(=O)NO)cc3)c2c(=O)n1-c1ccccc1.CC[C@H](Nc1ncnc(N)c1C(N)=O)c1nc2cccc(NCc3ccc(C(=O)NO)cc3)c2c(=O)n1-c1ccccc1.CC[C@H](Nc1ncnc(N)c1Cl)c1nc2cccc(NCc3ccc(C(=O)NO)cc3)c2c(=O)n1-c1ccccc1. The van der Waals surface area contributed by atoms with E-state index < -0.39 is 35.7 Å². The Morgan fingerprint density at radius 1 is 0.389 bits per heavy atom. The van der Waals surface area contributed by atoms with Gasteiger partial charge in [0.25, 0.3) is 40.3 Å². The summed E-state index contributed by atoms with van der Waals surface area (Å²) in [6.45, 7) is 10.7. The highest BCUT2D eigenvalue weighted by Crippen LogP contribution is 2.35. The summed E-state index contributed by atoms with van der Waals surface area (Å²) < 4.78 is 4.76. The van der Waals surface area contributed by atoms with Crippen molar-refractivity contribution in [3.8, 4) is 17.1 Å². The average Bonchev–Trinajstić information content (AvgIpc) is 0.762. The van der Waals surface area contributed by atoms with E-state index in [0.29, 0.717) is 168 Å². The lowest BCUT2D eigenvalue weighted by Crippen LogP contribution is -2.29. The van der Waals surface area contributed by atoms with Gasteiger partial charge in [0, 0.05) is 53.4 Å². The van der Waals surface area contributed by atoms with Gasteiger partial charge in [0.1, 0.15) is 74.8 Å². The van der Waals surface area contributed by atoms with E-state index in [1.807, 2.05) is 149 Å². The molecule has 0 unspecified atom stereocenters. The number of hydroxylamine groups is 3. The van der Waals surface area contributed by atoms with Crippen molar-refractivity contribution in [1.82, 2.24) is 75.0 Å². The quantitative estimate of drug-likeness (QED) is 0.0160. The van der Waals surface area contributed by atoms with Crippen LogP contribution in [0.25, 0.3) is 49.8 Å². The number of anilines is 8. The molecule has 126 heavy (non-hydrogen) atoms. The zero-order chi connectivity index (χ0) is 89.2. The number of rotatable bonds is 28. The maximum absolute atomic E-state index is 14.3. The topological polar surface area (TPSA) is 497 Å². The van der Waals surface area contributed by atoms with E-state index in [1.54, 1.807) is 130 Å². The minimum atomic E-state index is -0.788. The molecule has 15 aromatic rings. The average molecular weight is 1730 g/mol. The minimum absolute atomic E-state index is 0.0492. The second kappa shape index (κ2) is 40.4. The smallest absolute Gasteiger partial charge is 0.274 e. The molecular formula is C90H86Cl2N24O10. The third kappa shape index (κ3) is 19.8. The van der Waals surface area contributed by atoms with Crippen molar-refractivity contribution < 1.29 is 34.8 Å². The number of nitrogens with two attached hydrogens (primary N) is 3. The van der Waals surface area contributed by atoms with Crippen molar-refractivity contribution in [3.63, 3.8) is 0 Å². The number of nitrogen functional groups attached to an aromatic ring is 2. The molecule has 0 fully saturated rings. The first-order chi connectivity index (χ1) is 61.0. The fourth-order valence-corrected chi connectivity index (χ4v) is 14.3. The summed E-state index contributed by atoms with van der Waals surface area (Å²) in [5.74, 6) is 0.484. The Labute approximate surface area is 729 Å². The summed E-state index contributed by atoms with van der Waals surface area (Å²) in [6, 6.07) is 63.0. The number of aromatic nitrogens is 12. The van der Waals surface area contributed by atoms with E-state index in [0.717, 1.165) is 16.7 Å². The van der Waals surface area contributed by atoms with Gasteiger partial charge in [0.2, 0.25) is 0 Å². The van der Waals surface area contributed by atoms with Crippen molar-refractivity contribution in [2.75, 3.05) is 43.4 Å². The first kappa shape index (κ1) is 88.2. The summed E-state index contributed by atoms with van der Waals surface area (Å²) in [5, 5.41) is 48.3. The standard InChI is InChI=1S/C31H30ClN7O3.C30H29N9O4.C29H27ClN8O3/c1-4-23(36-28-27(32)18(2)34-19(3)35-28)29-37-25-12-8-11-24(26(25)31(41)39(29)22-9-6-5-7-10-22)33-17-20-13-15-21(16-14-20)30(40)38-42;1-2-20(36-27-24(26(32)40)25(31)34-16-35-27)28-37-22-10-6-9-21(23(22)30(42)39(28)19-7-4-3-5-8-19)33-15-17-11-13-18(14-12-17)29(41)38-43;1-2-20(35-26-24(30)25(31)33-16-34-26)27-36-22-10-6-9-21(23(22)29(40)38(27)19-7-4-3-5-8-19)32-15-17-11-13-18(14-12-17)28(39)37-41/h5-16,23,33,42H,4,17H2,1-3H3,(H,38,40)(H,34,35,36);3-14,16,20,33,43H,2,15H2,1H3,(H2,32,40)(H,38,41)(H3,31,34,35,36);3-14,16,20,32,41H,2,15H2,1H3,(H,37,39)(H3,31,33,34,35)/t23-;2*20-/m000/s1. The fourth-order valence-electron chi connectivity index (χ4n) is 14.0. The van der Waals surface area contributed by atoms with Crippen LogP contribution < -0.4 is 82.2 Å². The number of primary amides is 1. The van der Waals surface area contributed by atoms with E-state index >= 15 is 0 Å². The van der Waals surface area contributed by atoms with Crippen LogP contribution in [0, 0.1) is 13.8 Å². The number of benzene rings is 9. The van der Waals surface area contributed by atoms with Crippen LogP contribution in [-0.4, -0.2) is 97.8 Å². The van der Waals surface area contributed by atoms with Gasteiger partial charge in [-0.2, -0.15) is 0 Å². The number of carbonyl (C=O) groups excluding carboxylic acids is 4. The predicted molar refractivity (Wildman–Crippen MR) is 484 cm³/mol. The molecule has 0 radical (unpaired) electrons. The molecule has 0 aliphatic carbocycles. The van der Waals surface area contributed by atoms with Crippen molar-refractivity contribution in [3.05, 3.63) is 340 Å². The summed E-state index contributed by atoms with van der Waals surface area (Å²) in [4.78, 5) is 130. The molecular weight excluding hydrogens is 1650 g/mol. The van der Waals surface area contributed by atoms with Gasteiger partial charge in [0.15, 0.2) is 5.82 Å². The van der Waals surface area contributed by atoms with Gasteiger partial charge in [-0.3, -0.25) is 62.9 Å². The lowest BCUT2D eigenvalue weighted by atomic mass is 10.1. The molecule has 15 rings (SSSR count). The second-order valence-electron chi connectivity index (χ2n) is 28.5. The summed E-state index contributed by atoms with van der Waals surface area (Å²) in [6.07, 6.45) is 4.18. The normalized spacial score (nSPS) is 11.7. The van der Waals surface area contributed by atoms with Gasteiger partial charge < -0.3 is 49.1 Å². The monoisotopic (exact) mass is 1730 g/mol. The van der Waals surface area contributed by atoms with Gasteiger partial charge in [-0.25, -0.2) is 61.3 Å². The summed E-state index contributed by atoms with van der Waals surface area (Å²) in [7, 11) is 0. The van der Waals surface area contributed by atoms with Gasteiger partial charge in [0.05, 0.1) is 73.6 Å². The molecule has 6 heterocycles. The second-order valence-corrected chi connectivity index (χ2v) is 29.3. The number of nitrogens with one attached hydrogen (secondary N) is 9. The Hall–Kier alpha value is -15.6. The number of hydrogen-bond donors (Lipinski definition) is 15. The summed E-state index contributed by atoms with van der Waals surface area (Å²) in [5.41, 5.74) is 30.9. The highest BCUT2D eigenvalue weighted by Gasteiger charge is 2.29. The molecule has 9 aromatic carbocycles. The number of hydrogen-bond acceptors (Lipinski definition) is 27. The number of aryl methyl sites for hydroxylation is 2. The largest absolute Gasteiger partial charge is 0.383 e. The molecule has 640 valence electrons. The third-order valence-electron chi connectivity index (χ3n) is 20.4. The van der Waals surface area contributed by atoms with E-state index in [4.69, 9.17) is 71.0 Å². The maximum Gasteiger partial charge on any atom is 0.274 e. The number of para-hydroxylation sites is 3. The van der Waals surface area contributed by atoms with E-state index in [-0.39, 0.29) is 50.8 Å². The molecule has 18 N–H and O–H groups in total. The van der Waals surface area contributed by atoms with E-state index in [9.17, 15) is 33.6 Å². The van der Waals surface area contributed by atoms with Crippen molar-refractivity contribution in [1.29, 1.82) is 0 Å². The molecule has 34 nitrogen and oxygen atoms in total. The highest BCUT2D eigenvalue weighted by molar-refractivity contribution is 6.35. The Morgan fingerprint density at radius 3 is 1.05 bits per heavy atom. The van der Waals surface area contributed by atoms with Crippen LogP contribution in [0.1, 0.15) is 145 Å². The third-order valence-corrected chi connectivity index (χ3v) is 21.2. The number of carbonyl (C=O) groups is 4. The van der Waals surface area contributed by atoms with Crippen molar-refractivity contribution >= 4 is 126 Å². The maximum atomic E-state index is 14.3. The zero-order valence-corrected chi connectivity index (χ0v) is 70.0. The highest BCUT2D eigenvalue weighted by atomic mass is 35.5. The number of fused-ring (bicyclic) bond motifs is 3. The lowest BCUT2D eigenvalue weighted by Gasteiger charge is -2.23. The van der Waals surface area contributed by atoms with Crippen LogP contribution in [0.2, 0.25) is 10.0 Å². The van der Waals surface area contributed by atoms with E-state index in [2.05, 4.69) is 61.8 Å². The van der Waals surface area contributed by atoms with Gasteiger partial charge >= 0.3 is 0 Å². The molecule has 36 heteroatoms. The Morgan fingerprint density at radius 2 is 0.714 bits per heavy atom. The van der Waals surface area contributed by atoms with Crippen LogP contribution in [-0.2, 0) is 19.6 Å². The lowest BCUT2D eigenvalue weighted by molar-refractivity contribution is 0.0702. The Bertz CT molecular complexity index is 6700. The Balaban J connectivity index is 0.000000162. The Kier molecular flexibility index (Phi) is 28.3. The van der Waals surface area contributed by atoms with E-state index in [1.165, 1.54) is 17.2 Å². The van der Waals surface area contributed by atoms with Crippen molar-refractivity contribution in [2.45, 2.75) is 91.6 Å². The molecule has 3 atom stereocenters. The van der Waals surface area contributed by atoms with Gasteiger partial charge in [-0.1, -0.05) is 153 Å². The number of halogens is 2. The van der Waals surface area contributed by atoms with Crippen LogP contribution in [0.4, 0.5) is 46.2 Å². The van der Waals surface area contributed by atoms with Crippen LogP contribution in [0.5, 0.6) is 0 Å². The molecule has 4 amide bonds. The van der Waals surface area contributed by atoms with Crippen LogP contribution in [0.3, 0.4) is 0 Å². The molecule has 0 spiro atoms. The molecule has 0 aliphatic heterocycles.